The van der Waals surface area contributed by atoms with E-state index in [4.69, 9.17) is 9.47 Å². The van der Waals surface area contributed by atoms with Gasteiger partial charge >= 0.3 is 5.97 Å². The van der Waals surface area contributed by atoms with Gasteiger partial charge < -0.3 is 14.6 Å². The molecule has 1 aromatic carbocycles. The minimum Gasteiger partial charge on any atom is -0.497 e. The van der Waals surface area contributed by atoms with E-state index in [1.807, 2.05) is 0 Å². The zero-order chi connectivity index (χ0) is 16.8. The van der Waals surface area contributed by atoms with Crippen LogP contribution in [0.4, 0.5) is 8.78 Å². The summed E-state index contributed by atoms with van der Waals surface area (Å²) < 4.78 is 36.6. The summed E-state index contributed by atoms with van der Waals surface area (Å²) >= 11 is 0. The maximum Gasteiger partial charge on any atom is 0.318 e. The normalized spacial score (nSPS) is 15.2. The molecule has 2 unspecified atom stereocenters. The quantitative estimate of drug-likeness (QED) is 0.749. The van der Waals surface area contributed by atoms with E-state index in [9.17, 15) is 18.7 Å². The summed E-state index contributed by atoms with van der Waals surface area (Å²) in [5, 5.41) is 10.9. The molecule has 0 aliphatic rings. The number of benzene rings is 1. The Labute approximate surface area is 129 Å². The summed E-state index contributed by atoms with van der Waals surface area (Å²) in [5.41, 5.74) is -1.74. The molecule has 0 fully saturated rings. The Morgan fingerprint density at radius 2 is 1.86 bits per heavy atom. The maximum atomic E-state index is 13.4. The van der Waals surface area contributed by atoms with Crippen molar-refractivity contribution in [1.29, 1.82) is 0 Å². The maximum absolute atomic E-state index is 13.4. The van der Waals surface area contributed by atoms with Crippen LogP contribution < -0.4 is 4.74 Å². The molecule has 0 heterocycles. The average molecular weight is 316 g/mol. The van der Waals surface area contributed by atoms with Crippen LogP contribution in [-0.2, 0) is 15.1 Å². The van der Waals surface area contributed by atoms with Crippen molar-refractivity contribution >= 4 is 5.97 Å². The molecule has 2 atom stereocenters. The van der Waals surface area contributed by atoms with Crippen molar-refractivity contribution in [2.24, 2.45) is 5.92 Å². The number of rotatable bonds is 8. The molecule has 0 bridgehead atoms. The lowest BCUT2D eigenvalue weighted by molar-refractivity contribution is -0.173. The highest BCUT2D eigenvalue weighted by Gasteiger charge is 2.48. The lowest BCUT2D eigenvalue weighted by Gasteiger charge is -2.34. The SMILES string of the molecule is CCCC(O)(c1ccc(OC)cc1)C(C(=O)OCC)C(F)F. The number of halogens is 2. The van der Waals surface area contributed by atoms with Gasteiger partial charge in [0.2, 0.25) is 0 Å². The van der Waals surface area contributed by atoms with E-state index < -0.39 is 23.9 Å². The molecule has 22 heavy (non-hydrogen) atoms. The molecule has 0 aliphatic heterocycles. The van der Waals surface area contributed by atoms with E-state index in [-0.39, 0.29) is 18.6 Å². The number of esters is 1. The first-order chi connectivity index (χ1) is 10.4. The van der Waals surface area contributed by atoms with Crippen molar-refractivity contribution in [2.75, 3.05) is 13.7 Å². The van der Waals surface area contributed by atoms with Gasteiger partial charge in [-0.05, 0) is 31.0 Å². The van der Waals surface area contributed by atoms with Crippen molar-refractivity contribution in [3.63, 3.8) is 0 Å². The highest BCUT2D eigenvalue weighted by molar-refractivity contribution is 5.75. The number of hydrogen-bond donors (Lipinski definition) is 1. The largest absolute Gasteiger partial charge is 0.497 e. The second-order valence-electron chi connectivity index (χ2n) is 4.97. The van der Waals surface area contributed by atoms with Crippen LogP contribution in [0.5, 0.6) is 5.75 Å². The highest BCUT2D eigenvalue weighted by atomic mass is 19.3. The average Bonchev–Trinajstić information content (AvgIpc) is 2.47. The van der Waals surface area contributed by atoms with Gasteiger partial charge in [-0.1, -0.05) is 25.5 Å². The summed E-state index contributed by atoms with van der Waals surface area (Å²) in [4.78, 5) is 11.9. The van der Waals surface area contributed by atoms with Crippen molar-refractivity contribution in [2.45, 2.75) is 38.7 Å². The van der Waals surface area contributed by atoms with Crippen LogP contribution in [0.3, 0.4) is 0 Å². The number of hydrogen-bond acceptors (Lipinski definition) is 4. The molecule has 0 saturated carbocycles. The second-order valence-corrected chi connectivity index (χ2v) is 4.97. The Kier molecular flexibility index (Phi) is 6.74. The third-order valence-corrected chi connectivity index (χ3v) is 3.53. The fourth-order valence-corrected chi connectivity index (χ4v) is 2.48. The molecule has 6 heteroatoms. The first kappa shape index (κ1) is 18.4. The predicted molar refractivity (Wildman–Crippen MR) is 77.9 cm³/mol. The molecule has 124 valence electrons. The molecular weight excluding hydrogens is 294 g/mol. The van der Waals surface area contributed by atoms with E-state index in [2.05, 4.69) is 0 Å². The standard InChI is InChI=1S/C16H22F2O4/c1-4-10-16(20,11-6-8-12(21-3)9-7-11)13(14(17)18)15(19)22-5-2/h6-9,13-14,20H,4-5,10H2,1-3H3. The number of aliphatic hydroxyl groups is 1. The fourth-order valence-electron chi connectivity index (χ4n) is 2.48. The second kappa shape index (κ2) is 8.08. The summed E-state index contributed by atoms with van der Waals surface area (Å²) in [6.07, 6.45) is -2.57. The number of carbonyl (C=O) groups excluding carboxylic acids is 1. The van der Waals surface area contributed by atoms with Crippen molar-refractivity contribution in [3.8, 4) is 5.75 Å². The molecule has 0 aliphatic carbocycles. The Hall–Kier alpha value is -1.69. The van der Waals surface area contributed by atoms with Gasteiger partial charge in [0, 0.05) is 0 Å². The third-order valence-electron chi connectivity index (χ3n) is 3.53. The van der Waals surface area contributed by atoms with E-state index >= 15 is 0 Å². The summed E-state index contributed by atoms with van der Waals surface area (Å²) in [5.74, 6) is -2.49. The van der Waals surface area contributed by atoms with E-state index in [0.717, 1.165) is 0 Å². The van der Waals surface area contributed by atoms with Gasteiger partial charge in [0.1, 0.15) is 11.4 Å². The van der Waals surface area contributed by atoms with E-state index in [1.54, 1.807) is 19.1 Å². The number of ether oxygens (including phenoxy) is 2. The van der Waals surface area contributed by atoms with Gasteiger partial charge in [-0.25, -0.2) is 8.78 Å². The van der Waals surface area contributed by atoms with Crippen LogP contribution in [0.2, 0.25) is 0 Å². The van der Waals surface area contributed by atoms with Gasteiger partial charge in [-0.15, -0.1) is 0 Å². The van der Waals surface area contributed by atoms with Gasteiger partial charge in [-0.2, -0.15) is 0 Å². The van der Waals surface area contributed by atoms with Gasteiger partial charge in [-0.3, -0.25) is 4.79 Å². The smallest absolute Gasteiger partial charge is 0.318 e. The van der Waals surface area contributed by atoms with Crippen LogP contribution in [-0.4, -0.2) is 31.2 Å². The fraction of sp³-hybridized carbons (Fsp3) is 0.562. The van der Waals surface area contributed by atoms with Crippen molar-refractivity contribution in [3.05, 3.63) is 29.8 Å². The number of carbonyl (C=O) groups is 1. The summed E-state index contributed by atoms with van der Waals surface area (Å²) in [6, 6.07) is 6.10. The summed E-state index contributed by atoms with van der Waals surface area (Å²) in [7, 11) is 1.48. The minimum absolute atomic E-state index is 0.0210. The van der Waals surface area contributed by atoms with Crippen LogP contribution in [0.15, 0.2) is 24.3 Å². The third kappa shape index (κ3) is 3.94. The lowest BCUT2D eigenvalue weighted by atomic mass is 9.78. The highest BCUT2D eigenvalue weighted by Crippen LogP contribution is 2.39. The Morgan fingerprint density at radius 3 is 2.27 bits per heavy atom. The monoisotopic (exact) mass is 316 g/mol. The van der Waals surface area contributed by atoms with Gasteiger partial charge in [0.25, 0.3) is 6.43 Å². The lowest BCUT2D eigenvalue weighted by Crippen LogP contribution is -2.45. The Balaban J connectivity index is 3.27. The van der Waals surface area contributed by atoms with E-state index in [0.29, 0.717) is 12.2 Å². The van der Waals surface area contributed by atoms with Crippen molar-refractivity contribution in [1.82, 2.24) is 0 Å². The van der Waals surface area contributed by atoms with E-state index in [1.165, 1.54) is 26.2 Å². The van der Waals surface area contributed by atoms with Crippen LogP contribution >= 0.6 is 0 Å². The van der Waals surface area contributed by atoms with Crippen LogP contribution in [0.1, 0.15) is 32.3 Å². The molecule has 0 radical (unpaired) electrons. The molecular formula is C16H22F2O4. The first-order valence-electron chi connectivity index (χ1n) is 7.22. The van der Waals surface area contributed by atoms with Crippen molar-refractivity contribution < 1.29 is 28.2 Å². The zero-order valence-corrected chi connectivity index (χ0v) is 13.0. The van der Waals surface area contributed by atoms with Gasteiger partial charge in [0.15, 0.2) is 5.92 Å². The van der Waals surface area contributed by atoms with Crippen LogP contribution in [0, 0.1) is 5.92 Å². The number of methoxy groups -OCH3 is 1. The van der Waals surface area contributed by atoms with Crippen LogP contribution in [0.25, 0.3) is 0 Å². The molecule has 0 spiro atoms. The first-order valence-corrected chi connectivity index (χ1v) is 7.22. The number of alkyl halides is 2. The molecule has 1 N–H and O–H groups in total. The zero-order valence-electron chi connectivity index (χ0n) is 13.0. The topological polar surface area (TPSA) is 55.8 Å². The Morgan fingerprint density at radius 1 is 1.27 bits per heavy atom. The molecule has 0 amide bonds. The Bertz CT molecular complexity index is 476. The molecule has 1 aromatic rings. The van der Waals surface area contributed by atoms with Gasteiger partial charge in [0.05, 0.1) is 13.7 Å². The molecule has 0 saturated heterocycles. The molecule has 1 rings (SSSR count). The molecule has 0 aromatic heterocycles. The molecule has 4 nitrogen and oxygen atoms in total. The minimum atomic E-state index is -3.03. The summed E-state index contributed by atoms with van der Waals surface area (Å²) in [6.45, 7) is 3.27. The predicted octanol–water partition coefficient (Wildman–Crippen LogP) is 3.13.